The highest BCUT2D eigenvalue weighted by Crippen LogP contribution is 2.51. The zero-order valence-electron chi connectivity index (χ0n) is 34.5. The van der Waals surface area contributed by atoms with E-state index in [-0.39, 0.29) is 83.2 Å². The van der Waals surface area contributed by atoms with Crippen molar-refractivity contribution in [2.24, 2.45) is 0 Å². The minimum Gasteiger partial charge on any atom is -0.489 e. The van der Waals surface area contributed by atoms with E-state index in [1.807, 2.05) is 121 Å². The Kier molecular flexibility index (Phi) is 14.5. The van der Waals surface area contributed by atoms with Gasteiger partial charge in [0.2, 0.25) is 11.5 Å². The summed E-state index contributed by atoms with van der Waals surface area (Å²) in [6.45, 7) is 5.60. The van der Waals surface area contributed by atoms with Crippen LogP contribution in [0.3, 0.4) is 0 Å². The summed E-state index contributed by atoms with van der Waals surface area (Å²) < 4.78 is 39.2. The molecule has 6 aromatic rings. The zero-order chi connectivity index (χ0) is 41.5. The van der Waals surface area contributed by atoms with E-state index in [1.165, 1.54) is 0 Å². The normalized spacial score (nSPS) is 11.7. The van der Waals surface area contributed by atoms with Crippen molar-refractivity contribution in [3.8, 4) is 34.5 Å². The molecule has 60 heavy (non-hydrogen) atoms. The number of unbranched alkanes of at least 4 members (excludes halogenated alkanes) is 4. The van der Waals surface area contributed by atoms with Gasteiger partial charge < -0.3 is 28.4 Å². The number of rotatable bonds is 22. The van der Waals surface area contributed by atoms with Crippen LogP contribution in [0.4, 0.5) is 0 Å². The highest BCUT2D eigenvalue weighted by molar-refractivity contribution is 6.31. The predicted molar refractivity (Wildman–Crippen MR) is 233 cm³/mol. The minimum atomic E-state index is -0.415. The molecule has 8 nitrogen and oxygen atoms in total. The molecule has 0 N–H and O–H groups in total. The van der Waals surface area contributed by atoms with Crippen LogP contribution in [0.25, 0.3) is 0 Å². The van der Waals surface area contributed by atoms with Crippen LogP contribution >= 0.6 is 0 Å². The molecule has 1 aliphatic carbocycles. The average molecular weight is 805 g/mol. The van der Waals surface area contributed by atoms with Gasteiger partial charge >= 0.3 is 0 Å². The largest absolute Gasteiger partial charge is 0.489 e. The summed E-state index contributed by atoms with van der Waals surface area (Å²) in [7, 11) is 0. The van der Waals surface area contributed by atoms with Crippen LogP contribution in [0.2, 0.25) is 0 Å². The van der Waals surface area contributed by atoms with E-state index < -0.39 is 11.6 Å². The van der Waals surface area contributed by atoms with Crippen molar-refractivity contribution in [2.45, 2.75) is 78.8 Å². The number of fused-ring (bicyclic) bond motifs is 2. The maximum Gasteiger partial charge on any atom is 0.204 e. The van der Waals surface area contributed by atoms with Crippen LogP contribution in [0.5, 0.6) is 34.5 Å². The van der Waals surface area contributed by atoms with E-state index in [0.717, 1.165) is 60.8 Å². The number of ether oxygens (including phenoxy) is 6. The number of ketones is 2. The summed E-state index contributed by atoms with van der Waals surface area (Å²) >= 11 is 0. The zero-order valence-corrected chi connectivity index (χ0v) is 34.5. The smallest absolute Gasteiger partial charge is 0.204 e. The Labute approximate surface area is 353 Å². The predicted octanol–water partition coefficient (Wildman–Crippen LogP) is 11.9. The molecule has 1 aliphatic rings. The molecule has 0 radical (unpaired) electrons. The molecule has 6 aromatic carbocycles. The Hall–Kier alpha value is -6.54. The van der Waals surface area contributed by atoms with Gasteiger partial charge in [0.1, 0.15) is 26.4 Å². The lowest BCUT2D eigenvalue weighted by molar-refractivity contribution is 0.0968. The van der Waals surface area contributed by atoms with Crippen molar-refractivity contribution in [1.29, 1.82) is 0 Å². The third kappa shape index (κ3) is 10.2. The Bertz CT molecular complexity index is 2160. The first kappa shape index (κ1) is 41.6. The van der Waals surface area contributed by atoms with E-state index in [1.54, 1.807) is 12.1 Å². The molecule has 0 spiro atoms. The maximum atomic E-state index is 15.2. The fourth-order valence-electron chi connectivity index (χ4n) is 7.06. The summed E-state index contributed by atoms with van der Waals surface area (Å²) in [4.78, 5) is 30.5. The lowest BCUT2D eigenvalue weighted by atomic mass is 9.82. The fourth-order valence-corrected chi connectivity index (χ4v) is 7.06. The fraction of sp³-hybridized carbons (Fsp3) is 0.269. The van der Waals surface area contributed by atoms with Gasteiger partial charge in [-0.15, -0.1) is 0 Å². The Balaban J connectivity index is 1.39. The van der Waals surface area contributed by atoms with Gasteiger partial charge in [-0.1, -0.05) is 161 Å². The van der Waals surface area contributed by atoms with Gasteiger partial charge in [0.15, 0.2) is 34.6 Å². The van der Waals surface area contributed by atoms with Crippen molar-refractivity contribution in [3.63, 3.8) is 0 Å². The second-order valence-electron chi connectivity index (χ2n) is 14.8. The second-order valence-corrected chi connectivity index (χ2v) is 14.8. The monoisotopic (exact) mass is 804 g/mol. The van der Waals surface area contributed by atoms with Crippen molar-refractivity contribution >= 4 is 11.6 Å². The third-order valence-electron chi connectivity index (χ3n) is 10.3. The molecule has 8 heteroatoms. The summed E-state index contributed by atoms with van der Waals surface area (Å²) in [5.74, 6) is 0.614. The van der Waals surface area contributed by atoms with Crippen molar-refractivity contribution < 1.29 is 38.0 Å². The van der Waals surface area contributed by atoms with Gasteiger partial charge in [-0.05, 0) is 47.2 Å². The van der Waals surface area contributed by atoms with E-state index in [2.05, 4.69) is 13.8 Å². The summed E-state index contributed by atoms with van der Waals surface area (Å²) in [6.07, 6.45) is 5.29. The van der Waals surface area contributed by atoms with Crippen LogP contribution in [0.1, 0.15) is 106 Å². The van der Waals surface area contributed by atoms with Crippen LogP contribution in [0, 0.1) is 0 Å². The number of hydrogen-bond donors (Lipinski definition) is 0. The van der Waals surface area contributed by atoms with Crippen molar-refractivity contribution in [1.82, 2.24) is 0 Å². The molecule has 0 saturated heterocycles. The first-order valence-electron chi connectivity index (χ1n) is 21.0. The van der Waals surface area contributed by atoms with Gasteiger partial charge in [0.25, 0.3) is 0 Å². The number of carbonyl (C=O) groups is 2. The SMILES string of the molecule is CCCCCOc1c(OCc2ccccc2)c(OCc2ccccc2)cc2c1C(=O)c1cc(OCc3ccccc3)c(OCc3ccccc3)c(OCCCCC)c1C2=O. The molecule has 0 bridgehead atoms. The second kappa shape index (κ2) is 20.9. The summed E-state index contributed by atoms with van der Waals surface area (Å²) in [5.41, 5.74) is 4.19. The minimum absolute atomic E-state index is 0.114. The average Bonchev–Trinajstić information content (AvgIpc) is 3.29. The lowest BCUT2D eigenvalue weighted by Gasteiger charge is -2.27. The third-order valence-corrected chi connectivity index (χ3v) is 10.3. The van der Waals surface area contributed by atoms with E-state index in [0.29, 0.717) is 13.2 Å². The number of carbonyl (C=O) groups excluding carboxylic acids is 2. The van der Waals surface area contributed by atoms with Crippen LogP contribution in [-0.4, -0.2) is 24.8 Å². The Morgan fingerprint density at radius 1 is 0.367 bits per heavy atom. The first-order valence-corrected chi connectivity index (χ1v) is 21.0. The van der Waals surface area contributed by atoms with Crippen LogP contribution in [-0.2, 0) is 26.4 Å². The van der Waals surface area contributed by atoms with E-state index in [9.17, 15) is 0 Å². The van der Waals surface area contributed by atoms with E-state index >= 15 is 9.59 Å². The van der Waals surface area contributed by atoms with E-state index in [4.69, 9.17) is 28.4 Å². The lowest BCUT2D eigenvalue weighted by Crippen LogP contribution is -2.25. The molecule has 7 rings (SSSR count). The Morgan fingerprint density at radius 2 is 0.683 bits per heavy atom. The molecule has 308 valence electrons. The standard InChI is InChI=1S/C52H52O8/c1-3-5-19-29-55-51-45-41(31-43(57-33-37-21-11-7-12-22-37)49(51)59-35-39-25-15-9-16-26-39)48(54)46-42(47(45)53)32-44(58-34-38-23-13-8-14-24-38)50(52(46)56-30-20-6-4-2)60-36-40-27-17-10-18-28-40/h7-18,21-28,31-32H,3-6,19-20,29-30,33-36H2,1-2H3. The molecular formula is C52H52O8. The maximum absolute atomic E-state index is 15.2. The molecule has 0 amide bonds. The van der Waals surface area contributed by atoms with Gasteiger partial charge in [-0.25, -0.2) is 0 Å². The molecule has 0 heterocycles. The van der Waals surface area contributed by atoms with Gasteiger partial charge in [-0.3, -0.25) is 9.59 Å². The van der Waals surface area contributed by atoms with Gasteiger partial charge in [0, 0.05) is 11.1 Å². The topological polar surface area (TPSA) is 89.5 Å². The quantitative estimate of drug-likeness (QED) is 0.0626. The number of hydrogen-bond acceptors (Lipinski definition) is 8. The molecule has 0 fully saturated rings. The first-order chi connectivity index (χ1) is 29.6. The Morgan fingerprint density at radius 3 is 1.00 bits per heavy atom. The number of benzene rings is 6. The highest BCUT2D eigenvalue weighted by atomic mass is 16.5. The molecule has 0 unspecified atom stereocenters. The molecule has 0 saturated carbocycles. The van der Waals surface area contributed by atoms with Gasteiger partial charge in [0.05, 0.1) is 24.3 Å². The summed E-state index contributed by atoms with van der Waals surface area (Å²) in [5, 5.41) is 0. The van der Waals surface area contributed by atoms with Crippen LogP contribution < -0.4 is 28.4 Å². The van der Waals surface area contributed by atoms with Crippen LogP contribution in [0.15, 0.2) is 133 Å². The molecule has 0 aliphatic heterocycles. The van der Waals surface area contributed by atoms with Crippen molar-refractivity contribution in [2.75, 3.05) is 13.2 Å². The summed E-state index contributed by atoms with van der Waals surface area (Å²) in [6, 6.07) is 42.3. The molecule has 0 atom stereocenters. The van der Waals surface area contributed by atoms with Gasteiger partial charge in [-0.2, -0.15) is 0 Å². The molecular weight excluding hydrogens is 753 g/mol. The molecule has 0 aromatic heterocycles. The highest BCUT2D eigenvalue weighted by Gasteiger charge is 2.41. The van der Waals surface area contributed by atoms with Crippen molar-refractivity contribution in [3.05, 3.63) is 178 Å².